The molecular weight excluding hydrogens is 239 g/mol. The van der Waals surface area contributed by atoms with Crippen LogP contribution < -0.4 is 11.5 Å². The van der Waals surface area contributed by atoms with Gasteiger partial charge in [-0.1, -0.05) is 17.3 Å². The van der Waals surface area contributed by atoms with Crippen molar-refractivity contribution in [3.8, 4) is 0 Å². The third-order valence-corrected chi connectivity index (χ3v) is 2.49. The van der Waals surface area contributed by atoms with Crippen LogP contribution in [0.5, 0.6) is 0 Å². The van der Waals surface area contributed by atoms with Gasteiger partial charge in [0.15, 0.2) is 5.82 Å². The van der Waals surface area contributed by atoms with E-state index in [1.807, 2.05) is 0 Å². The van der Waals surface area contributed by atoms with Crippen LogP contribution in [0.3, 0.4) is 0 Å². The number of rotatable bonds is 3. The number of hydrogen-bond acceptors (Lipinski definition) is 5. The highest BCUT2D eigenvalue weighted by Crippen LogP contribution is 2.19. The predicted octanol–water partition coefficient (Wildman–Crippen LogP) is 0.664. The van der Waals surface area contributed by atoms with E-state index in [1.54, 1.807) is 19.1 Å². The summed E-state index contributed by atoms with van der Waals surface area (Å²) in [5.41, 5.74) is 11.8. The van der Waals surface area contributed by atoms with Gasteiger partial charge in [-0.05, 0) is 24.1 Å². The minimum absolute atomic E-state index is 0.0760. The van der Waals surface area contributed by atoms with E-state index in [0.717, 1.165) is 0 Å². The number of aromatic nitrogens is 2. The van der Waals surface area contributed by atoms with Crippen LogP contribution >= 0.6 is 0 Å². The Morgan fingerprint density at radius 2 is 2.22 bits per heavy atom. The smallest absolute Gasteiger partial charge is 0.315 e. The Morgan fingerprint density at radius 3 is 2.78 bits per heavy atom. The van der Waals surface area contributed by atoms with Crippen LogP contribution in [0.25, 0.3) is 0 Å². The standard InChI is InChI=1S/C11H11FN4O2/c1-5-2-3-6(4-7(5)12)8(13)10-15-11(9(14)17)18-16-10/h2-4,8H,13H2,1H3,(H2,14,17). The van der Waals surface area contributed by atoms with Crippen LogP contribution in [-0.4, -0.2) is 16.0 Å². The first-order chi connectivity index (χ1) is 8.49. The van der Waals surface area contributed by atoms with Gasteiger partial charge in [-0.2, -0.15) is 4.98 Å². The Labute approximate surface area is 102 Å². The van der Waals surface area contributed by atoms with Gasteiger partial charge < -0.3 is 16.0 Å². The molecule has 0 bridgehead atoms. The lowest BCUT2D eigenvalue weighted by molar-refractivity contribution is 0.0958. The molecule has 1 amide bonds. The minimum Gasteiger partial charge on any atom is -0.361 e. The van der Waals surface area contributed by atoms with Crippen molar-refractivity contribution in [1.29, 1.82) is 0 Å². The van der Waals surface area contributed by atoms with Gasteiger partial charge in [0.1, 0.15) is 5.82 Å². The molecule has 1 aromatic carbocycles. The van der Waals surface area contributed by atoms with Crippen LogP contribution in [0, 0.1) is 12.7 Å². The van der Waals surface area contributed by atoms with Crippen LogP contribution in [0.4, 0.5) is 4.39 Å². The third-order valence-electron chi connectivity index (χ3n) is 2.49. The van der Waals surface area contributed by atoms with E-state index in [2.05, 4.69) is 14.7 Å². The molecule has 0 saturated heterocycles. The summed E-state index contributed by atoms with van der Waals surface area (Å²) in [4.78, 5) is 14.5. The van der Waals surface area contributed by atoms with E-state index in [4.69, 9.17) is 11.5 Å². The van der Waals surface area contributed by atoms with Crippen molar-refractivity contribution >= 4 is 5.91 Å². The van der Waals surface area contributed by atoms with Crippen molar-refractivity contribution < 1.29 is 13.7 Å². The lowest BCUT2D eigenvalue weighted by Crippen LogP contribution is -2.15. The normalized spacial score (nSPS) is 12.4. The second-order valence-corrected chi connectivity index (χ2v) is 3.81. The summed E-state index contributed by atoms with van der Waals surface area (Å²) < 4.78 is 18.0. The quantitative estimate of drug-likeness (QED) is 0.832. The Hall–Kier alpha value is -2.28. The molecule has 1 heterocycles. The molecule has 0 fully saturated rings. The van der Waals surface area contributed by atoms with E-state index in [9.17, 15) is 9.18 Å². The van der Waals surface area contributed by atoms with Gasteiger partial charge in [0.05, 0.1) is 6.04 Å². The number of aryl methyl sites for hydroxylation is 1. The molecular formula is C11H11FN4O2. The monoisotopic (exact) mass is 250 g/mol. The van der Waals surface area contributed by atoms with Crippen molar-refractivity contribution in [3.63, 3.8) is 0 Å². The lowest BCUT2D eigenvalue weighted by Gasteiger charge is -2.08. The number of benzene rings is 1. The maximum Gasteiger partial charge on any atom is 0.315 e. The molecule has 6 nitrogen and oxygen atoms in total. The molecule has 1 unspecified atom stereocenters. The summed E-state index contributed by atoms with van der Waals surface area (Å²) in [7, 11) is 0. The van der Waals surface area contributed by atoms with E-state index >= 15 is 0 Å². The number of halogens is 1. The molecule has 0 radical (unpaired) electrons. The molecule has 7 heteroatoms. The zero-order chi connectivity index (χ0) is 13.3. The van der Waals surface area contributed by atoms with Crippen LogP contribution in [-0.2, 0) is 0 Å². The molecule has 0 aliphatic heterocycles. The zero-order valence-electron chi connectivity index (χ0n) is 9.55. The van der Waals surface area contributed by atoms with Crippen molar-refractivity contribution in [2.24, 2.45) is 11.5 Å². The Morgan fingerprint density at radius 1 is 1.50 bits per heavy atom. The van der Waals surface area contributed by atoms with Crippen molar-refractivity contribution in [1.82, 2.24) is 10.1 Å². The summed E-state index contributed by atoms with van der Waals surface area (Å²) >= 11 is 0. The van der Waals surface area contributed by atoms with Crippen molar-refractivity contribution in [3.05, 3.63) is 46.9 Å². The minimum atomic E-state index is -0.837. The highest BCUT2D eigenvalue weighted by atomic mass is 19.1. The Kier molecular flexibility index (Phi) is 3.07. The van der Waals surface area contributed by atoms with E-state index in [1.165, 1.54) is 6.07 Å². The molecule has 0 saturated carbocycles. The summed E-state index contributed by atoms with van der Waals surface area (Å²) in [5.74, 6) is -1.46. The maximum absolute atomic E-state index is 13.4. The molecule has 94 valence electrons. The lowest BCUT2D eigenvalue weighted by atomic mass is 10.1. The fourth-order valence-electron chi connectivity index (χ4n) is 1.41. The average molecular weight is 250 g/mol. The second kappa shape index (κ2) is 4.53. The van der Waals surface area contributed by atoms with Gasteiger partial charge >= 0.3 is 11.8 Å². The predicted molar refractivity (Wildman–Crippen MR) is 60.0 cm³/mol. The van der Waals surface area contributed by atoms with Crippen LogP contribution in [0.1, 0.15) is 33.7 Å². The first-order valence-corrected chi connectivity index (χ1v) is 5.14. The van der Waals surface area contributed by atoms with E-state index in [-0.39, 0.29) is 17.5 Å². The van der Waals surface area contributed by atoms with Gasteiger partial charge in [0.2, 0.25) is 0 Å². The Bertz CT molecular complexity index is 596. The number of primary amides is 1. The van der Waals surface area contributed by atoms with Gasteiger partial charge in [0, 0.05) is 0 Å². The molecule has 0 aliphatic carbocycles. The summed E-state index contributed by atoms with van der Waals surface area (Å²) in [6.07, 6.45) is 0. The number of hydrogen-bond donors (Lipinski definition) is 2. The highest BCUT2D eigenvalue weighted by Gasteiger charge is 2.19. The number of carbonyl (C=O) groups excluding carboxylic acids is 1. The fraction of sp³-hybridized carbons (Fsp3) is 0.182. The Balaban J connectivity index is 2.31. The molecule has 2 aromatic rings. The van der Waals surface area contributed by atoms with Gasteiger partial charge in [-0.25, -0.2) is 4.39 Å². The van der Waals surface area contributed by atoms with Crippen molar-refractivity contribution in [2.75, 3.05) is 0 Å². The summed E-state index contributed by atoms with van der Waals surface area (Å²) in [6, 6.07) is 3.76. The number of amides is 1. The SMILES string of the molecule is Cc1ccc(C(N)c2noc(C(N)=O)n2)cc1F. The third kappa shape index (κ3) is 2.21. The van der Waals surface area contributed by atoms with Crippen molar-refractivity contribution in [2.45, 2.75) is 13.0 Å². The molecule has 4 N–H and O–H groups in total. The van der Waals surface area contributed by atoms with Gasteiger partial charge in [-0.3, -0.25) is 4.79 Å². The highest BCUT2D eigenvalue weighted by molar-refractivity contribution is 5.87. The first kappa shape index (κ1) is 12.2. The number of carbonyl (C=O) groups is 1. The fourth-order valence-corrected chi connectivity index (χ4v) is 1.41. The molecule has 18 heavy (non-hydrogen) atoms. The van der Waals surface area contributed by atoms with Crippen LogP contribution in [0.2, 0.25) is 0 Å². The average Bonchev–Trinajstić information content (AvgIpc) is 2.81. The molecule has 1 atom stereocenters. The summed E-state index contributed by atoms with van der Waals surface area (Å²) in [6.45, 7) is 1.64. The molecule has 1 aromatic heterocycles. The first-order valence-electron chi connectivity index (χ1n) is 5.14. The van der Waals surface area contributed by atoms with Crippen LogP contribution in [0.15, 0.2) is 22.7 Å². The zero-order valence-corrected chi connectivity index (χ0v) is 9.55. The number of nitrogens with two attached hydrogens (primary N) is 2. The van der Waals surface area contributed by atoms with Gasteiger partial charge in [-0.15, -0.1) is 0 Å². The topological polar surface area (TPSA) is 108 Å². The molecule has 0 aliphatic rings. The second-order valence-electron chi connectivity index (χ2n) is 3.81. The van der Waals surface area contributed by atoms with Gasteiger partial charge in [0.25, 0.3) is 0 Å². The van der Waals surface area contributed by atoms with E-state index in [0.29, 0.717) is 11.1 Å². The largest absolute Gasteiger partial charge is 0.361 e. The molecule has 2 rings (SSSR count). The molecule has 0 spiro atoms. The number of nitrogens with zero attached hydrogens (tertiary/aromatic N) is 2. The maximum atomic E-state index is 13.4. The van der Waals surface area contributed by atoms with E-state index < -0.39 is 11.9 Å². The summed E-state index contributed by atoms with van der Waals surface area (Å²) in [5, 5.41) is 3.53.